The molecule has 0 radical (unpaired) electrons. The lowest BCUT2D eigenvalue weighted by molar-refractivity contribution is -0.114. The Bertz CT molecular complexity index is 1050. The number of amides is 2. The molecular weight excluding hydrogens is 398 g/mol. The summed E-state index contributed by atoms with van der Waals surface area (Å²) in [4.78, 5) is 31.2. The summed E-state index contributed by atoms with van der Waals surface area (Å²) < 4.78 is 28.0. The van der Waals surface area contributed by atoms with Gasteiger partial charge < -0.3 is 5.32 Å². The molecule has 0 aromatic carbocycles. The molecule has 0 bridgehead atoms. The maximum atomic E-state index is 12.4. The Morgan fingerprint density at radius 2 is 2.04 bits per heavy atom. The first-order chi connectivity index (χ1) is 11.3. The van der Waals surface area contributed by atoms with Gasteiger partial charge in [-0.1, -0.05) is 11.6 Å². The molecule has 3 aromatic rings. The van der Waals surface area contributed by atoms with Crippen molar-refractivity contribution in [1.29, 1.82) is 0 Å². The molecule has 0 spiro atoms. The number of aromatic nitrogens is 3. The van der Waals surface area contributed by atoms with E-state index in [-0.39, 0.29) is 26.9 Å². The van der Waals surface area contributed by atoms with Gasteiger partial charge in [0.1, 0.15) is 5.69 Å². The van der Waals surface area contributed by atoms with Crippen LogP contribution < -0.4 is 10.0 Å². The fourth-order valence-electron chi connectivity index (χ4n) is 1.79. The van der Waals surface area contributed by atoms with Crippen molar-refractivity contribution in [2.75, 3.05) is 5.32 Å². The zero-order valence-corrected chi connectivity index (χ0v) is 15.0. The van der Waals surface area contributed by atoms with E-state index in [1.165, 1.54) is 34.2 Å². The Morgan fingerprint density at radius 1 is 1.29 bits per heavy atom. The van der Waals surface area contributed by atoms with Gasteiger partial charge in [0.05, 0.1) is 0 Å². The van der Waals surface area contributed by atoms with Gasteiger partial charge in [-0.15, -0.1) is 22.7 Å². The van der Waals surface area contributed by atoms with Gasteiger partial charge in [-0.3, -0.25) is 14.0 Å². The molecule has 3 heterocycles. The smallest absolute Gasteiger partial charge is 0.284 e. The molecule has 0 aliphatic heterocycles. The standard InChI is InChI=1S/C11H8ClN5O4S3/c1-5(18)13-10-14-6(4-23-10)8(19)16-24(20,21)9-7(12)15-11-17(9)2-3-22-11/h2-4H,1H3,(H,16,19)(H,13,14,18). The number of sulfonamides is 1. The predicted octanol–water partition coefficient (Wildman–Crippen LogP) is 1.58. The quantitative estimate of drug-likeness (QED) is 0.679. The van der Waals surface area contributed by atoms with Crippen LogP contribution in [0.4, 0.5) is 5.13 Å². The monoisotopic (exact) mass is 405 g/mol. The molecule has 9 nitrogen and oxygen atoms in total. The molecule has 0 saturated carbocycles. The third-order valence-electron chi connectivity index (χ3n) is 2.68. The Kier molecular flexibility index (Phi) is 4.29. The number of fused-ring (bicyclic) bond motifs is 1. The first-order valence-electron chi connectivity index (χ1n) is 6.19. The van der Waals surface area contributed by atoms with Crippen LogP contribution in [0.1, 0.15) is 17.4 Å². The number of carbonyl (C=O) groups is 2. The summed E-state index contributed by atoms with van der Waals surface area (Å²) in [5.41, 5.74) is -0.144. The van der Waals surface area contributed by atoms with Gasteiger partial charge in [-0.2, -0.15) is 8.42 Å². The van der Waals surface area contributed by atoms with E-state index < -0.39 is 15.9 Å². The number of nitrogens with one attached hydrogen (secondary N) is 2. The molecule has 0 unspecified atom stereocenters. The summed E-state index contributed by atoms with van der Waals surface area (Å²) in [7, 11) is -4.25. The van der Waals surface area contributed by atoms with Crippen LogP contribution in [0.25, 0.3) is 4.96 Å². The molecule has 0 atom stereocenters. The second kappa shape index (κ2) is 6.12. The largest absolute Gasteiger partial charge is 0.302 e. The number of nitrogens with zero attached hydrogens (tertiary/aromatic N) is 3. The second-order valence-corrected chi connectivity index (χ2v) is 8.10. The summed E-state index contributed by atoms with van der Waals surface area (Å²) in [6, 6.07) is 0. The predicted molar refractivity (Wildman–Crippen MR) is 89.1 cm³/mol. The molecule has 3 aromatic heterocycles. The molecule has 126 valence electrons. The molecule has 0 aliphatic carbocycles. The van der Waals surface area contributed by atoms with Gasteiger partial charge in [0, 0.05) is 23.9 Å². The lowest BCUT2D eigenvalue weighted by Gasteiger charge is -2.04. The molecular formula is C11H8ClN5O4S3. The summed E-state index contributed by atoms with van der Waals surface area (Å²) >= 11 is 8.07. The minimum Gasteiger partial charge on any atom is -0.302 e. The van der Waals surface area contributed by atoms with E-state index in [1.54, 1.807) is 5.38 Å². The Balaban J connectivity index is 1.88. The highest BCUT2D eigenvalue weighted by atomic mass is 35.5. The van der Waals surface area contributed by atoms with E-state index in [0.29, 0.717) is 4.96 Å². The van der Waals surface area contributed by atoms with E-state index in [0.717, 1.165) is 11.3 Å². The van der Waals surface area contributed by atoms with Crippen LogP contribution >= 0.6 is 34.3 Å². The van der Waals surface area contributed by atoms with Crippen molar-refractivity contribution in [3.05, 3.63) is 27.8 Å². The fraction of sp³-hybridized carbons (Fsp3) is 0.0909. The summed E-state index contributed by atoms with van der Waals surface area (Å²) in [5, 5.41) is 4.99. The number of carbonyl (C=O) groups excluding carboxylic acids is 2. The third-order valence-corrected chi connectivity index (χ3v) is 5.92. The number of hydrogen-bond donors (Lipinski definition) is 2. The second-order valence-electron chi connectivity index (χ2n) is 4.42. The van der Waals surface area contributed by atoms with Gasteiger partial charge in [0.2, 0.25) is 5.91 Å². The highest BCUT2D eigenvalue weighted by molar-refractivity contribution is 7.90. The van der Waals surface area contributed by atoms with Crippen LogP contribution in [0.3, 0.4) is 0 Å². The SMILES string of the molecule is CC(=O)Nc1nc(C(=O)NS(=O)(=O)c2c(Cl)nc3sccn23)cs1. The highest BCUT2D eigenvalue weighted by Crippen LogP contribution is 2.25. The number of imidazole rings is 1. The maximum absolute atomic E-state index is 12.4. The summed E-state index contributed by atoms with van der Waals surface area (Å²) in [5.74, 6) is -1.29. The zero-order chi connectivity index (χ0) is 17.5. The van der Waals surface area contributed by atoms with Gasteiger partial charge in [-0.05, 0) is 0 Å². The maximum Gasteiger partial charge on any atom is 0.284 e. The lowest BCUT2D eigenvalue weighted by Crippen LogP contribution is -2.31. The number of thiazole rings is 2. The van der Waals surface area contributed by atoms with Gasteiger partial charge >= 0.3 is 0 Å². The van der Waals surface area contributed by atoms with Crippen molar-refractivity contribution >= 4 is 66.2 Å². The van der Waals surface area contributed by atoms with Gasteiger partial charge in [-0.25, -0.2) is 14.7 Å². The average Bonchev–Trinajstić information content (AvgIpc) is 3.12. The molecule has 24 heavy (non-hydrogen) atoms. The van der Waals surface area contributed by atoms with Gasteiger partial charge in [0.25, 0.3) is 15.9 Å². The van der Waals surface area contributed by atoms with Crippen molar-refractivity contribution in [1.82, 2.24) is 19.1 Å². The van der Waals surface area contributed by atoms with Crippen LogP contribution in [-0.4, -0.2) is 34.6 Å². The molecule has 3 rings (SSSR count). The molecule has 0 fully saturated rings. The van der Waals surface area contributed by atoms with Crippen LogP contribution in [0.15, 0.2) is 22.0 Å². The number of anilines is 1. The van der Waals surface area contributed by atoms with Crippen LogP contribution in [-0.2, 0) is 14.8 Å². The Hall–Kier alpha value is -2.02. The van der Waals surface area contributed by atoms with Gasteiger partial charge in [0.15, 0.2) is 20.3 Å². The Morgan fingerprint density at radius 3 is 2.75 bits per heavy atom. The topological polar surface area (TPSA) is 123 Å². The molecule has 0 saturated heterocycles. The van der Waals surface area contributed by atoms with E-state index in [9.17, 15) is 18.0 Å². The van der Waals surface area contributed by atoms with Crippen LogP contribution in [0, 0.1) is 0 Å². The van der Waals surface area contributed by atoms with Crippen LogP contribution in [0.5, 0.6) is 0 Å². The normalized spacial score (nSPS) is 11.6. The first-order valence-corrected chi connectivity index (χ1v) is 9.81. The number of halogens is 1. The lowest BCUT2D eigenvalue weighted by atomic mass is 10.5. The number of rotatable bonds is 4. The van der Waals surface area contributed by atoms with E-state index in [1.807, 2.05) is 4.72 Å². The minimum absolute atomic E-state index is 0.144. The van der Waals surface area contributed by atoms with Crippen molar-refractivity contribution in [3.63, 3.8) is 0 Å². The zero-order valence-electron chi connectivity index (χ0n) is 11.8. The summed E-state index contributed by atoms with van der Waals surface area (Å²) in [6.45, 7) is 1.29. The Labute approximate surface area is 148 Å². The number of hydrogen-bond acceptors (Lipinski definition) is 8. The fourth-order valence-corrected chi connectivity index (χ4v) is 4.94. The van der Waals surface area contributed by atoms with E-state index in [4.69, 9.17) is 11.6 Å². The molecule has 0 aliphatic rings. The average molecular weight is 406 g/mol. The molecule has 2 N–H and O–H groups in total. The van der Waals surface area contributed by atoms with E-state index >= 15 is 0 Å². The van der Waals surface area contributed by atoms with E-state index in [2.05, 4.69) is 15.3 Å². The van der Waals surface area contributed by atoms with Crippen LogP contribution in [0.2, 0.25) is 5.15 Å². The summed E-state index contributed by atoms with van der Waals surface area (Å²) in [6.07, 6.45) is 1.48. The highest BCUT2D eigenvalue weighted by Gasteiger charge is 2.28. The molecule has 13 heteroatoms. The first kappa shape index (κ1) is 16.8. The third kappa shape index (κ3) is 3.13. The van der Waals surface area contributed by atoms with Crippen molar-refractivity contribution in [2.24, 2.45) is 0 Å². The van der Waals surface area contributed by atoms with Crippen molar-refractivity contribution in [3.8, 4) is 0 Å². The van der Waals surface area contributed by atoms with Crippen molar-refractivity contribution < 1.29 is 18.0 Å². The molecule has 2 amide bonds. The van der Waals surface area contributed by atoms with Crippen molar-refractivity contribution in [2.45, 2.75) is 11.9 Å². The minimum atomic E-state index is -4.25.